The molecule has 0 aliphatic carbocycles. The van der Waals surface area contributed by atoms with Crippen LogP contribution in [0.5, 0.6) is 0 Å². The van der Waals surface area contributed by atoms with Crippen LogP contribution >= 0.6 is 0 Å². The van der Waals surface area contributed by atoms with Gasteiger partial charge in [-0.2, -0.15) is 15.1 Å². The molecule has 3 rings (SSSR count). The Balaban J connectivity index is 2.05. The smallest absolute Gasteiger partial charge is 0.241 e. The normalized spacial score (nSPS) is 21.1. The summed E-state index contributed by atoms with van der Waals surface area (Å²) in [5.41, 5.74) is 3.22. The van der Waals surface area contributed by atoms with Crippen LogP contribution in [0.4, 0.5) is 11.8 Å². The molecule has 3 heterocycles. The molecular weight excluding hydrogens is 256 g/mol. The molecule has 1 fully saturated rings. The van der Waals surface area contributed by atoms with Gasteiger partial charge in [0.25, 0.3) is 0 Å². The lowest BCUT2D eigenvalue weighted by Gasteiger charge is -2.29. The fraction of sp³-hybridized carbons (Fsp3) is 0.583. The molecule has 1 aliphatic rings. The Morgan fingerprint density at radius 2 is 2.25 bits per heavy atom. The van der Waals surface area contributed by atoms with Gasteiger partial charge in [0.15, 0.2) is 5.65 Å². The molecule has 0 radical (unpaired) electrons. The highest BCUT2D eigenvalue weighted by Crippen LogP contribution is 2.26. The first kappa shape index (κ1) is 13.1. The maximum Gasteiger partial charge on any atom is 0.241 e. The molecule has 0 saturated carbocycles. The van der Waals surface area contributed by atoms with E-state index < -0.39 is 0 Å². The monoisotopic (exact) mass is 276 g/mol. The van der Waals surface area contributed by atoms with Crippen molar-refractivity contribution in [3.8, 4) is 0 Å². The highest BCUT2D eigenvalue weighted by atomic mass is 15.3. The van der Waals surface area contributed by atoms with Gasteiger partial charge < -0.3 is 9.80 Å². The Hall–Kier alpha value is -1.93. The van der Waals surface area contributed by atoms with Gasteiger partial charge in [0.1, 0.15) is 5.82 Å². The number of hydrogen-bond donors (Lipinski definition) is 3. The summed E-state index contributed by atoms with van der Waals surface area (Å²) in [5.74, 6) is 6.75. The van der Waals surface area contributed by atoms with Crippen molar-refractivity contribution in [1.82, 2.24) is 25.1 Å². The number of nitrogen functional groups attached to an aromatic ring is 1. The van der Waals surface area contributed by atoms with E-state index in [4.69, 9.17) is 5.84 Å². The van der Waals surface area contributed by atoms with E-state index in [1.807, 2.05) is 0 Å². The van der Waals surface area contributed by atoms with Crippen molar-refractivity contribution in [3.05, 3.63) is 6.20 Å². The van der Waals surface area contributed by atoms with E-state index >= 15 is 0 Å². The van der Waals surface area contributed by atoms with Crippen LogP contribution in [0.25, 0.3) is 11.0 Å². The van der Waals surface area contributed by atoms with Crippen molar-refractivity contribution in [2.24, 2.45) is 5.84 Å². The standard InChI is InChI=1S/C12H20N8/c1-8-7-19(2)4-3-5-20(8)11-9-6-14-18-10(9)15-12(16-11)17-13/h6,8H,3-5,7,13H2,1-2H3,(H2,14,15,16,17,18). The number of hydrogen-bond acceptors (Lipinski definition) is 7. The Bertz CT molecular complexity index is 594. The van der Waals surface area contributed by atoms with Crippen LogP contribution in [0.2, 0.25) is 0 Å². The number of rotatable bonds is 2. The Morgan fingerprint density at radius 3 is 3.05 bits per heavy atom. The van der Waals surface area contributed by atoms with E-state index in [1.54, 1.807) is 6.20 Å². The lowest BCUT2D eigenvalue weighted by Crippen LogP contribution is -2.38. The molecule has 1 unspecified atom stereocenters. The third kappa shape index (κ3) is 2.27. The van der Waals surface area contributed by atoms with Crippen molar-refractivity contribution in [2.75, 3.05) is 37.0 Å². The van der Waals surface area contributed by atoms with Gasteiger partial charge >= 0.3 is 0 Å². The zero-order valence-electron chi connectivity index (χ0n) is 11.8. The van der Waals surface area contributed by atoms with Gasteiger partial charge in [-0.1, -0.05) is 0 Å². The summed E-state index contributed by atoms with van der Waals surface area (Å²) < 4.78 is 0. The van der Waals surface area contributed by atoms with Crippen LogP contribution in [0.15, 0.2) is 6.20 Å². The summed E-state index contributed by atoms with van der Waals surface area (Å²) in [5, 5.41) is 7.87. The highest BCUT2D eigenvalue weighted by Gasteiger charge is 2.23. The quantitative estimate of drug-likeness (QED) is 0.531. The van der Waals surface area contributed by atoms with Crippen LogP contribution in [-0.4, -0.2) is 57.8 Å². The zero-order chi connectivity index (χ0) is 14.1. The maximum absolute atomic E-state index is 5.46. The minimum Gasteiger partial charge on any atom is -0.352 e. The van der Waals surface area contributed by atoms with Crippen molar-refractivity contribution < 1.29 is 0 Å². The molecule has 20 heavy (non-hydrogen) atoms. The number of nitrogens with two attached hydrogens (primary N) is 1. The molecular formula is C12H20N8. The van der Waals surface area contributed by atoms with Crippen LogP contribution < -0.4 is 16.2 Å². The van der Waals surface area contributed by atoms with Crippen LogP contribution in [0, 0.1) is 0 Å². The SMILES string of the molecule is CC1CN(C)CCCN1c1nc(NN)nc2[nH]ncc12. The van der Waals surface area contributed by atoms with Gasteiger partial charge in [0.05, 0.1) is 11.6 Å². The summed E-state index contributed by atoms with van der Waals surface area (Å²) >= 11 is 0. The second-order valence-electron chi connectivity index (χ2n) is 5.31. The summed E-state index contributed by atoms with van der Waals surface area (Å²) in [6, 6.07) is 0.376. The topological polar surface area (TPSA) is 99.0 Å². The molecule has 2 aromatic rings. The molecule has 1 aliphatic heterocycles. The number of hydrazine groups is 1. The predicted molar refractivity (Wildman–Crippen MR) is 78.4 cm³/mol. The molecule has 4 N–H and O–H groups in total. The molecule has 0 aromatic carbocycles. The Kier molecular flexibility index (Phi) is 3.41. The van der Waals surface area contributed by atoms with Crippen molar-refractivity contribution in [3.63, 3.8) is 0 Å². The maximum atomic E-state index is 5.46. The van der Waals surface area contributed by atoms with Gasteiger partial charge in [-0.05, 0) is 26.9 Å². The van der Waals surface area contributed by atoms with Gasteiger partial charge in [-0.25, -0.2) is 5.84 Å². The Labute approximate surface area is 117 Å². The molecule has 1 saturated heterocycles. The van der Waals surface area contributed by atoms with Crippen LogP contribution in [0.3, 0.4) is 0 Å². The second-order valence-corrected chi connectivity index (χ2v) is 5.31. The minimum absolute atomic E-state index is 0.376. The number of nitrogens with one attached hydrogen (secondary N) is 2. The summed E-state index contributed by atoms with van der Waals surface area (Å²) in [6.45, 7) is 5.29. The van der Waals surface area contributed by atoms with E-state index in [0.29, 0.717) is 17.6 Å². The summed E-state index contributed by atoms with van der Waals surface area (Å²) in [7, 11) is 2.15. The van der Waals surface area contributed by atoms with E-state index in [-0.39, 0.29) is 0 Å². The van der Waals surface area contributed by atoms with Gasteiger partial charge in [-0.3, -0.25) is 10.5 Å². The zero-order valence-corrected chi connectivity index (χ0v) is 11.8. The van der Waals surface area contributed by atoms with E-state index in [9.17, 15) is 0 Å². The minimum atomic E-state index is 0.376. The summed E-state index contributed by atoms with van der Waals surface area (Å²) in [4.78, 5) is 13.5. The van der Waals surface area contributed by atoms with Gasteiger partial charge in [-0.15, -0.1) is 0 Å². The third-order valence-corrected chi connectivity index (χ3v) is 3.74. The van der Waals surface area contributed by atoms with Gasteiger partial charge in [0, 0.05) is 19.1 Å². The number of anilines is 2. The number of aromatic amines is 1. The number of nitrogens with zero attached hydrogens (tertiary/aromatic N) is 5. The van der Waals surface area contributed by atoms with Crippen LogP contribution in [0.1, 0.15) is 13.3 Å². The van der Waals surface area contributed by atoms with E-state index in [0.717, 1.165) is 37.3 Å². The molecule has 8 heteroatoms. The molecule has 1 atom stereocenters. The summed E-state index contributed by atoms with van der Waals surface area (Å²) in [6.07, 6.45) is 2.88. The van der Waals surface area contributed by atoms with Crippen molar-refractivity contribution >= 4 is 22.8 Å². The van der Waals surface area contributed by atoms with E-state index in [1.165, 1.54) is 0 Å². The largest absolute Gasteiger partial charge is 0.352 e. The highest BCUT2D eigenvalue weighted by molar-refractivity contribution is 5.87. The lowest BCUT2D eigenvalue weighted by molar-refractivity contribution is 0.337. The fourth-order valence-corrected chi connectivity index (χ4v) is 2.79. The number of likely N-dealkylation sites (N-methyl/N-ethyl adjacent to an activating group) is 1. The number of H-pyrrole nitrogens is 1. The first-order valence-corrected chi connectivity index (χ1v) is 6.82. The van der Waals surface area contributed by atoms with Gasteiger partial charge in [0.2, 0.25) is 5.95 Å². The Morgan fingerprint density at radius 1 is 1.40 bits per heavy atom. The second kappa shape index (κ2) is 5.22. The average Bonchev–Trinajstić information content (AvgIpc) is 2.84. The lowest BCUT2D eigenvalue weighted by atomic mass is 10.2. The molecule has 8 nitrogen and oxygen atoms in total. The van der Waals surface area contributed by atoms with E-state index in [2.05, 4.69) is 49.4 Å². The predicted octanol–water partition coefficient (Wildman–Crippen LogP) is 0.169. The third-order valence-electron chi connectivity index (χ3n) is 3.74. The molecule has 2 aromatic heterocycles. The molecule has 0 bridgehead atoms. The first-order valence-electron chi connectivity index (χ1n) is 6.82. The number of aromatic nitrogens is 4. The average molecular weight is 276 g/mol. The molecule has 0 spiro atoms. The first-order chi connectivity index (χ1) is 9.69. The van der Waals surface area contributed by atoms with Crippen molar-refractivity contribution in [1.29, 1.82) is 0 Å². The van der Waals surface area contributed by atoms with Crippen LogP contribution in [-0.2, 0) is 0 Å². The van der Waals surface area contributed by atoms with Crippen molar-refractivity contribution in [2.45, 2.75) is 19.4 Å². The molecule has 108 valence electrons. The number of fused-ring (bicyclic) bond motifs is 1. The molecule has 0 amide bonds. The fourth-order valence-electron chi connectivity index (χ4n) is 2.79.